The van der Waals surface area contributed by atoms with E-state index in [1.807, 2.05) is 101 Å². The number of ether oxygens (including phenoxy) is 3. The van der Waals surface area contributed by atoms with Gasteiger partial charge in [-0.3, -0.25) is 9.97 Å². The molecule has 61 heavy (non-hydrogen) atoms. The third kappa shape index (κ3) is 7.85. The molecule has 2 aliphatic rings. The van der Waals surface area contributed by atoms with Crippen LogP contribution in [0.5, 0.6) is 11.5 Å². The molecule has 2 aliphatic carbocycles. The SMILES string of the molecule is COCc1cc(-n2ncc3ccc(O[C@@H]4CCCc5cc(C#[N+]OCc6cc(-n7ncc8ccc(O[C@H]9CCCc%10cc(C#N)ccc%109)cc87)ccn6)ccc54)cc32)ccn1. The summed E-state index contributed by atoms with van der Waals surface area (Å²) >= 11 is 0. The molecule has 0 saturated heterocycles. The Morgan fingerprint density at radius 2 is 1.21 bits per heavy atom. The third-order valence-corrected chi connectivity index (χ3v) is 11.4. The van der Waals surface area contributed by atoms with Crippen LogP contribution in [-0.4, -0.2) is 36.6 Å². The monoisotopic (exact) mass is 805 g/mol. The number of nitriles is 1. The molecule has 0 unspecified atom stereocenters. The number of pyridine rings is 2. The topological polar surface area (TPSA) is 126 Å². The molecule has 4 aromatic carbocycles. The van der Waals surface area contributed by atoms with Gasteiger partial charge in [0, 0.05) is 42.4 Å². The van der Waals surface area contributed by atoms with Crippen LogP contribution >= 0.6 is 0 Å². The summed E-state index contributed by atoms with van der Waals surface area (Å²) in [7, 11) is 1.66. The summed E-state index contributed by atoms with van der Waals surface area (Å²) in [5.41, 5.74) is 11.4. The number of aromatic nitrogens is 6. The van der Waals surface area contributed by atoms with E-state index in [1.54, 1.807) is 19.5 Å². The first kappa shape index (κ1) is 37.7. The van der Waals surface area contributed by atoms with E-state index in [0.717, 1.165) is 100 Å². The minimum Gasteiger partial charge on any atom is -0.486 e. The molecule has 4 aromatic heterocycles. The van der Waals surface area contributed by atoms with Crippen molar-refractivity contribution in [3.63, 3.8) is 0 Å². The average Bonchev–Trinajstić information content (AvgIpc) is 3.92. The molecule has 4 heterocycles. The molecular weight excluding hydrogens is 765 g/mol. The Kier molecular flexibility index (Phi) is 10.3. The standard InChI is InChI=1S/C49H41N8O4/c1-58-30-38-22-40(16-18-51-38)56-46-24-43(13-10-36(46)28-53-56)61-49-7-3-5-35-21-33(9-15-45(35)49)27-55-59-31-39-23-41(17-19-52-39)57-47-25-42(12-11-37(47)29-54-57)60-48-6-2-4-34-20-32(26-50)8-14-44(34)48/h8-25,28-29,48-49H,2-7,30-31H2,1H3/q+1/t48-,49+/m0/s1. The summed E-state index contributed by atoms with van der Waals surface area (Å²) in [4.78, 5) is 14.6. The van der Waals surface area contributed by atoms with Crippen LogP contribution in [0, 0.1) is 17.4 Å². The molecule has 0 aliphatic heterocycles. The van der Waals surface area contributed by atoms with Gasteiger partial charge in [-0.15, -0.1) is 0 Å². The Morgan fingerprint density at radius 1 is 0.656 bits per heavy atom. The lowest BCUT2D eigenvalue weighted by atomic mass is 9.88. The van der Waals surface area contributed by atoms with Crippen molar-refractivity contribution in [1.29, 1.82) is 5.26 Å². The van der Waals surface area contributed by atoms with Crippen molar-refractivity contribution < 1.29 is 19.0 Å². The summed E-state index contributed by atoms with van der Waals surface area (Å²) in [5.74, 6) is 1.56. The Hall–Kier alpha value is -7.54. The van der Waals surface area contributed by atoms with Crippen LogP contribution in [0.2, 0.25) is 0 Å². The number of nitrogens with zero attached hydrogens (tertiary/aromatic N) is 8. The average molecular weight is 806 g/mol. The number of hydrogen-bond acceptors (Lipinski definition) is 9. The fraction of sp³-hybridized carbons (Fsp3) is 0.224. The van der Waals surface area contributed by atoms with E-state index in [-0.39, 0.29) is 18.8 Å². The molecule has 2 atom stereocenters. The smallest absolute Gasteiger partial charge is 0.388 e. The van der Waals surface area contributed by atoms with Gasteiger partial charge in [0.25, 0.3) is 0 Å². The molecule has 10 rings (SSSR count). The van der Waals surface area contributed by atoms with E-state index in [1.165, 1.54) is 16.7 Å². The van der Waals surface area contributed by atoms with Crippen LogP contribution in [0.1, 0.15) is 82.7 Å². The van der Waals surface area contributed by atoms with Crippen LogP contribution in [0.25, 0.3) is 38.2 Å². The lowest BCUT2D eigenvalue weighted by Gasteiger charge is -2.26. The van der Waals surface area contributed by atoms with Crippen molar-refractivity contribution in [3.8, 4) is 35.0 Å². The quantitative estimate of drug-likeness (QED) is 0.124. The second-order valence-corrected chi connectivity index (χ2v) is 15.4. The van der Waals surface area contributed by atoms with Crippen molar-refractivity contribution in [1.82, 2.24) is 29.5 Å². The molecular formula is C49H41N8O4+. The van der Waals surface area contributed by atoms with Gasteiger partial charge in [0.1, 0.15) is 29.3 Å². The fourth-order valence-corrected chi connectivity index (χ4v) is 8.49. The predicted molar refractivity (Wildman–Crippen MR) is 230 cm³/mol. The van der Waals surface area contributed by atoms with Crippen LogP contribution in [0.15, 0.2) is 122 Å². The van der Waals surface area contributed by atoms with Gasteiger partial charge in [-0.25, -0.2) is 9.36 Å². The van der Waals surface area contributed by atoms with Gasteiger partial charge in [-0.2, -0.15) is 20.3 Å². The summed E-state index contributed by atoms with van der Waals surface area (Å²) < 4.78 is 22.3. The third-order valence-electron chi connectivity index (χ3n) is 11.4. The molecule has 8 aromatic rings. The van der Waals surface area contributed by atoms with E-state index in [2.05, 4.69) is 50.4 Å². The Balaban J connectivity index is 0.798. The van der Waals surface area contributed by atoms with E-state index >= 15 is 0 Å². The molecule has 0 fully saturated rings. The van der Waals surface area contributed by atoms with Crippen molar-refractivity contribution in [2.24, 2.45) is 0 Å². The van der Waals surface area contributed by atoms with Crippen molar-refractivity contribution >= 4 is 21.8 Å². The van der Waals surface area contributed by atoms with Gasteiger partial charge in [0.05, 0.1) is 64.4 Å². The second kappa shape index (κ2) is 16.6. The van der Waals surface area contributed by atoms with Gasteiger partial charge in [-0.05, 0) is 134 Å². The van der Waals surface area contributed by atoms with Gasteiger partial charge in [0.15, 0.2) is 0 Å². The first-order valence-corrected chi connectivity index (χ1v) is 20.5. The van der Waals surface area contributed by atoms with E-state index in [4.69, 9.17) is 24.1 Å². The van der Waals surface area contributed by atoms with Crippen LogP contribution < -0.4 is 9.47 Å². The fourth-order valence-electron chi connectivity index (χ4n) is 8.49. The molecule has 0 bridgehead atoms. The number of benzene rings is 4. The minimum atomic E-state index is -0.0765. The number of rotatable bonds is 10. The van der Waals surface area contributed by atoms with E-state index in [0.29, 0.717) is 17.9 Å². The Bertz CT molecular complexity index is 3030. The maximum atomic E-state index is 9.36. The largest absolute Gasteiger partial charge is 0.486 e. The first-order chi connectivity index (χ1) is 30.1. The van der Waals surface area contributed by atoms with Crippen LogP contribution in [-0.2, 0) is 35.6 Å². The molecule has 12 nitrogen and oxygen atoms in total. The zero-order valence-electron chi connectivity index (χ0n) is 33.6. The molecule has 0 N–H and O–H groups in total. The van der Waals surface area contributed by atoms with Crippen molar-refractivity contribution in [3.05, 3.63) is 172 Å². The van der Waals surface area contributed by atoms with E-state index in [9.17, 15) is 5.26 Å². The summed E-state index contributed by atoms with van der Waals surface area (Å²) in [5, 5.41) is 24.9. The molecule has 0 radical (unpaired) electrons. The lowest BCUT2D eigenvalue weighted by Crippen LogP contribution is -2.15. The summed E-state index contributed by atoms with van der Waals surface area (Å²) in [6.07, 6.45) is 12.9. The first-order valence-electron chi connectivity index (χ1n) is 20.5. The minimum absolute atomic E-state index is 0.0705. The number of hydrogen-bond donors (Lipinski definition) is 0. The Labute approximate surface area is 352 Å². The second-order valence-electron chi connectivity index (χ2n) is 15.4. The van der Waals surface area contributed by atoms with Gasteiger partial charge >= 0.3 is 6.07 Å². The molecule has 0 spiro atoms. The zero-order chi connectivity index (χ0) is 41.1. The van der Waals surface area contributed by atoms with Crippen molar-refractivity contribution in [2.75, 3.05) is 7.11 Å². The van der Waals surface area contributed by atoms with Gasteiger partial charge in [-0.1, -0.05) is 12.1 Å². The maximum Gasteiger partial charge on any atom is 0.388 e. The summed E-state index contributed by atoms with van der Waals surface area (Å²) in [6.45, 7) is 0.602. The van der Waals surface area contributed by atoms with Gasteiger partial charge < -0.3 is 14.2 Å². The molecule has 0 saturated carbocycles. The van der Waals surface area contributed by atoms with Crippen molar-refractivity contribution in [2.45, 2.75) is 63.9 Å². The molecule has 12 heteroatoms. The molecule has 0 amide bonds. The number of methoxy groups -OCH3 is 1. The molecule has 300 valence electrons. The predicted octanol–water partition coefficient (Wildman–Crippen LogP) is 9.90. The summed E-state index contributed by atoms with van der Waals surface area (Å²) in [6, 6.07) is 37.4. The van der Waals surface area contributed by atoms with Gasteiger partial charge in [0.2, 0.25) is 11.6 Å². The van der Waals surface area contributed by atoms with Crippen LogP contribution in [0.3, 0.4) is 0 Å². The number of aryl methyl sites for hydroxylation is 2. The lowest BCUT2D eigenvalue weighted by molar-refractivity contribution is 0.181. The maximum absolute atomic E-state index is 9.36. The number of fused-ring (bicyclic) bond motifs is 4. The van der Waals surface area contributed by atoms with Crippen LogP contribution in [0.4, 0.5) is 0 Å². The highest BCUT2D eigenvalue weighted by atomic mass is 16.6. The highest BCUT2D eigenvalue weighted by molar-refractivity contribution is 5.82. The highest BCUT2D eigenvalue weighted by Crippen LogP contribution is 2.37. The van der Waals surface area contributed by atoms with E-state index < -0.39 is 0 Å². The Morgan fingerprint density at radius 3 is 1.79 bits per heavy atom. The highest BCUT2D eigenvalue weighted by Gasteiger charge is 2.24. The normalized spacial score (nSPS) is 15.6. The zero-order valence-corrected chi connectivity index (χ0v) is 33.6.